The van der Waals surface area contributed by atoms with E-state index in [1.165, 1.54) is 0 Å². The summed E-state index contributed by atoms with van der Waals surface area (Å²) < 4.78 is 0.956. The van der Waals surface area contributed by atoms with Crippen molar-refractivity contribution in [3.05, 3.63) is 28.7 Å². The first-order valence-corrected chi connectivity index (χ1v) is 12.7. The molecule has 7 heteroatoms. The van der Waals surface area contributed by atoms with Gasteiger partial charge in [0.1, 0.15) is 0 Å². The largest absolute Gasteiger partial charge is 0.390 e. The van der Waals surface area contributed by atoms with Crippen LogP contribution in [-0.4, -0.2) is 40.8 Å². The lowest BCUT2D eigenvalue weighted by atomic mass is 9.57. The SMILES string of the molecule is CC(C)NC(=O)NC12CCC(CN(c3cccc(Br)c3)C(=O)[C@H]3C[C@@](C)(O)C3)(CC1)CC2. The minimum absolute atomic E-state index is 0.0719. The molecule has 4 fully saturated rings. The maximum atomic E-state index is 13.5. The molecule has 4 aliphatic carbocycles. The molecule has 176 valence electrons. The molecular formula is C25H36BrN3O3. The summed E-state index contributed by atoms with van der Waals surface area (Å²) >= 11 is 3.55. The fourth-order valence-electron chi connectivity index (χ4n) is 5.90. The monoisotopic (exact) mass is 505 g/mol. The van der Waals surface area contributed by atoms with E-state index in [2.05, 4.69) is 26.6 Å². The molecule has 5 rings (SSSR count). The lowest BCUT2D eigenvalue weighted by Crippen LogP contribution is -2.61. The third kappa shape index (κ3) is 4.98. The van der Waals surface area contributed by atoms with Crippen molar-refractivity contribution < 1.29 is 14.7 Å². The predicted molar refractivity (Wildman–Crippen MR) is 130 cm³/mol. The molecule has 6 nitrogen and oxygen atoms in total. The first-order chi connectivity index (χ1) is 15.0. The number of urea groups is 1. The molecular weight excluding hydrogens is 470 g/mol. The van der Waals surface area contributed by atoms with Crippen LogP contribution in [0.4, 0.5) is 10.5 Å². The fourth-order valence-corrected chi connectivity index (χ4v) is 6.29. The van der Waals surface area contributed by atoms with Gasteiger partial charge in [-0.3, -0.25) is 4.79 Å². The summed E-state index contributed by atoms with van der Waals surface area (Å²) in [7, 11) is 0. The van der Waals surface area contributed by atoms with E-state index < -0.39 is 5.60 Å². The Morgan fingerprint density at radius 1 is 1.16 bits per heavy atom. The number of hydrogen-bond donors (Lipinski definition) is 3. The van der Waals surface area contributed by atoms with Gasteiger partial charge in [0.2, 0.25) is 5.91 Å². The summed E-state index contributed by atoms with van der Waals surface area (Å²) in [4.78, 5) is 27.8. The second kappa shape index (κ2) is 8.64. The number of hydrogen-bond acceptors (Lipinski definition) is 3. The van der Waals surface area contributed by atoms with E-state index in [1.54, 1.807) is 0 Å². The van der Waals surface area contributed by atoms with Gasteiger partial charge in [0.15, 0.2) is 0 Å². The van der Waals surface area contributed by atoms with Crippen LogP contribution in [0.2, 0.25) is 0 Å². The van der Waals surface area contributed by atoms with Crippen molar-refractivity contribution in [2.45, 2.75) is 89.3 Å². The quantitative estimate of drug-likeness (QED) is 0.521. The van der Waals surface area contributed by atoms with Crippen molar-refractivity contribution in [2.75, 3.05) is 11.4 Å². The highest BCUT2D eigenvalue weighted by molar-refractivity contribution is 9.10. The van der Waals surface area contributed by atoms with Gasteiger partial charge in [-0.05, 0) is 95.8 Å². The van der Waals surface area contributed by atoms with E-state index in [-0.39, 0.29) is 34.9 Å². The molecule has 0 radical (unpaired) electrons. The van der Waals surface area contributed by atoms with Crippen LogP contribution in [0, 0.1) is 11.3 Å². The fraction of sp³-hybridized carbons (Fsp3) is 0.680. The van der Waals surface area contributed by atoms with E-state index in [4.69, 9.17) is 0 Å². The molecule has 0 aromatic heterocycles. The number of benzene rings is 1. The van der Waals surface area contributed by atoms with Gasteiger partial charge in [-0.25, -0.2) is 4.79 Å². The normalized spacial score (nSPS) is 33.5. The van der Waals surface area contributed by atoms with Crippen molar-refractivity contribution in [1.82, 2.24) is 10.6 Å². The van der Waals surface area contributed by atoms with E-state index in [0.29, 0.717) is 19.4 Å². The van der Waals surface area contributed by atoms with Gasteiger partial charge in [0.25, 0.3) is 0 Å². The number of fused-ring (bicyclic) bond motifs is 3. The van der Waals surface area contributed by atoms with E-state index in [1.807, 2.05) is 49.9 Å². The minimum atomic E-state index is -0.723. The molecule has 1 aromatic carbocycles. The molecule has 3 amide bonds. The number of nitrogens with one attached hydrogen (secondary N) is 2. The molecule has 32 heavy (non-hydrogen) atoms. The van der Waals surface area contributed by atoms with Crippen molar-refractivity contribution in [2.24, 2.45) is 11.3 Å². The van der Waals surface area contributed by atoms with Gasteiger partial charge in [-0.1, -0.05) is 22.0 Å². The number of aliphatic hydroxyl groups is 1. The molecule has 4 aliphatic rings. The molecule has 0 atom stereocenters. The van der Waals surface area contributed by atoms with Crippen molar-refractivity contribution in [1.29, 1.82) is 0 Å². The zero-order valence-electron chi connectivity index (χ0n) is 19.4. The Hall–Kier alpha value is -1.60. The Balaban J connectivity index is 1.48. The second-order valence-corrected chi connectivity index (χ2v) is 12.0. The highest BCUT2D eigenvalue weighted by Crippen LogP contribution is 2.53. The van der Waals surface area contributed by atoms with Crippen LogP contribution in [0.15, 0.2) is 28.7 Å². The summed E-state index contributed by atoms with van der Waals surface area (Å²) in [6.07, 6.45) is 6.95. The number of carbonyl (C=O) groups excluding carboxylic acids is 2. The molecule has 0 spiro atoms. The average molecular weight is 506 g/mol. The van der Waals surface area contributed by atoms with Gasteiger partial charge >= 0.3 is 6.03 Å². The summed E-state index contributed by atoms with van der Waals surface area (Å²) in [6.45, 7) is 6.45. The third-order valence-electron chi connectivity index (χ3n) is 7.80. The zero-order valence-corrected chi connectivity index (χ0v) is 21.0. The molecule has 2 bridgehead atoms. The van der Waals surface area contributed by atoms with Crippen LogP contribution in [0.25, 0.3) is 0 Å². The minimum Gasteiger partial charge on any atom is -0.390 e. The summed E-state index contributed by atoms with van der Waals surface area (Å²) in [6, 6.07) is 8.01. The first-order valence-electron chi connectivity index (χ1n) is 11.9. The van der Waals surface area contributed by atoms with Crippen LogP contribution in [0.5, 0.6) is 0 Å². The molecule has 4 saturated carbocycles. The Morgan fingerprint density at radius 3 is 2.31 bits per heavy atom. The van der Waals surface area contributed by atoms with Crippen molar-refractivity contribution in [3.8, 4) is 0 Å². The van der Waals surface area contributed by atoms with Gasteiger partial charge in [0, 0.05) is 34.2 Å². The number of carbonyl (C=O) groups is 2. The third-order valence-corrected chi connectivity index (χ3v) is 8.29. The topological polar surface area (TPSA) is 81.7 Å². The Kier molecular flexibility index (Phi) is 6.36. The van der Waals surface area contributed by atoms with Crippen LogP contribution < -0.4 is 15.5 Å². The number of nitrogens with zero attached hydrogens (tertiary/aromatic N) is 1. The molecule has 0 heterocycles. The lowest BCUT2D eigenvalue weighted by molar-refractivity contribution is -0.137. The highest BCUT2D eigenvalue weighted by atomic mass is 79.9. The smallest absolute Gasteiger partial charge is 0.315 e. The van der Waals surface area contributed by atoms with Crippen molar-refractivity contribution in [3.63, 3.8) is 0 Å². The maximum absolute atomic E-state index is 13.5. The van der Waals surface area contributed by atoms with Crippen LogP contribution in [0.3, 0.4) is 0 Å². The van der Waals surface area contributed by atoms with Crippen molar-refractivity contribution >= 4 is 33.6 Å². The maximum Gasteiger partial charge on any atom is 0.315 e. The van der Waals surface area contributed by atoms with Crippen LogP contribution >= 0.6 is 15.9 Å². The van der Waals surface area contributed by atoms with Gasteiger partial charge in [-0.15, -0.1) is 0 Å². The Morgan fingerprint density at radius 2 is 1.78 bits per heavy atom. The van der Waals surface area contributed by atoms with Crippen LogP contribution in [-0.2, 0) is 4.79 Å². The molecule has 0 saturated heterocycles. The summed E-state index contributed by atoms with van der Waals surface area (Å²) in [5.74, 6) is 0.00824. The lowest BCUT2D eigenvalue weighted by Gasteiger charge is -2.55. The highest BCUT2D eigenvalue weighted by Gasteiger charge is 2.51. The molecule has 0 unspecified atom stereocenters. The van der Waals surface area contributed by atoms with E-state index in [9.17, 15) is 14.7 Å². The average Bonchev–Trinajstić information content (AvgIpc) is 2.70. The van der Waals surface area contributed by atoms with E-state index in [0.717, 1.165) is 48.7 Å². The van der Waals surface area contributed by atoms with E-state index >= 15 is 0 Å². The Labute approximate surface area is 199 Å². The zero-order chi connectivity index (χ0) is 23.1. The number of halogens is 1. The van der Waals surface area contributed by atoms with Gasteiger partial charge in [0.05, 0.1) is 5.60 Å². The Bertz CT molecular complexity index is 852. The molecule has 1 aromatic rings. The van der Waals surface area contributed by atoms with Gasteiger partial charge < -0.3 is 20.6 Å². The first kappa shape index (κ1) is 23.6. The molecule has 3 N–H and O–H groups in total. The summed E-state index contributed by atoms with van der Waals surface area (Å²) in [5.41, 5.74) is 0.168. The number of anilines is 1. The van der Waals surface area contributed by atoms with Crippen LogP contribution in [0.1, 0.15) is 72.1 Å². The van der Waals surface area contributed by atoms with Gasteiger partial charge in [-0.2, -0.15) is 0 Å². The predicted octanol–water partition coefficient (Wildman–Crippen LogP) is 4.74. The second-order valence-electron chi connectivity index (χ2n) is 11.0. The number of rotatable bonds is 6. The molecule has 0 aliphatic heterocycles. The summed E-state index contributed by atoms with van der Waals surface area (Å²) in [5, 5.41) is 16.4. The number of amides is 3. The standard InChI is InChI=1S/C25H36BrN3O3/c1-17(2)27-22(31)28-25-10-7-24(8-11-25,9-12-25)16-29(20-6-4-5-19(26)13-20)21(30)18-14-23(3,32)15-18/h4-6,13,17-18,32H,7-12,14-16H2,1-3H3,(H2,27,28,31)/t18-,23+,24?,25?.